The minimum Gasteiger partial charge on any atom is -0.319 e. The molecule has 0 radical (unpaired) electrons. The van der Waals surface area contributed by atoms with E-state index in [1.807, 2.05) is 25.3 Å². The van der Waals surface area contributed by atoms with E-state index in [0.717, 1.165) is 23.3 Å². The Kier molecular flexibility index (Phi) is 2.24. The molecule has 0 amide bonds. The molecule has 0 aromatic carbocycles. The summed E-state index contributed by atoms with van der Waals surface area (Å²) < 4.78 is 0. The van der Waals surface area contributed by atoms with Crippen molar-refractivity contribution in [3.8, 4) is 0 Å². The van der Waals surface area contributed by atoms with Gasteiger partial charge in [-0.2, -0.15) is 0 Å². The number of rotatable bonds is 3. The summed E-state index contributed by atoms with van der Waals surface area (Å²) in [5.74, 6) is 0.507. The Morgan fingerprint density at radius 3 is 2.71 bits per heavy atom. The first kappa shape index (κ1) is 9.87. The van der Waals surface area contributed by atoms with Crippen LogP contribution >= 0.6 is 11.3 Å². The van der Waals surface area contributed by atoms with E-state index in [-0.39, 0.29) is 5.78 Å². The normalized spacial score (nSPS) is 20.5. The van der Waals surface area contributed by atoms with E-state index >= 15 is 0 Å². The highest BCUT2D eigenvalue weighted by Gasteiger charge is 2.44. The van der Waals surface area contributed by atoms with E-state index in [9.17, 15) is 4.79 Å². The van der Waals surface area contributed by atoms with Crippen LogP contribution in [-0.4, -0.2) is 11.3 Å². The Hall–Kier alpha value is -0.670. The SMILES string of the molecule is Cc1sccc1C(=O)C(C)(N)C1CC1. The molecule has 2 nitrogen and oxygen atoms in total. The minimum atomic E-state index is -0.647. The summed E-state index contributed by atoms with van der Waals surface area (Å²) >= 11 is 1.60. The molecule has 76 valence electrons. The number of Topliss-reactive ketones (excluding diaryl/α,β-unsaturated/α-hetero) is 1. The van der Waals surface area contributed by atoms with Gasteiger partial charge in [0.2, 0.25) is 0 Å². The molecule has 3 heteroatoms. The van der Waals surface area contributed by atoms with Crippen molar-refractivity contribution in [2.45, 2.75) is 32.2 Å². The van der Waals surface area contributed by atoms with Crippen molar-refractivity contribution in [3.05, 3.63) is 21.9 Å². The zero-order valence-corrected chi connectivity index (χ0v) is 9.36. The number of carbonyl (C=O) groups excluding carboxylic acids is 1. The average molecular weight is 209 g/mol. The van der Waals surface area contributed by atoms with E-state index in [4.69, 9.17) is 5.73 Å². The topological polar surface area (TPSA) is 43.1 Å². The second-order valence-corrected chi connectivity index (χ2v) is 5.40. The Labute approximate surface area is 88.1 Å². The van der Waals surface area contributed by atoms with Crippen LogP contribution < -0.4 is 5.73 Å². The zero-order valence-electron chi connectivity index (χ0n) is 8.54. The number of nitrogens with two attached hydrogens (primary N) is 1. The Balaban J connectivity index is 2.27. The minimum absolute atomic E-state index is 0.110. The van der Waals surface area contributed by atoms with Crippen molar-refractivity contribution in [3.63, 3.8) is 0 Å². The van der Waals surface area contributed by atoms with E-state index in [1.165, 1.54) is 0 Å². The molecule has 0 saturated heterocycles. The number of carbonyl (C=O) groups is 1. The van der Waals surface area contributed by atoms with Gasteiger partial charge in [0.05, 0.1) is 5.54 Å². The molecule has 1 aliphatic carbocycles. The van der Waals surface area contributed by atoms with Gasteiger partial charge >= 0.3 is 0 Å². The summed E-state index contributed by atoms with van der Waals surface area (Å²) in [6.45, 7) is 3.84. The second kappa shape index (κ2) is 3.17. The van der Waals surface area contributed by atoms with E-state index in [2.05, 4.69) is 0 Å². The standard InChI is InChI=1S/C11H15NOS/c1-7-9(5-6-14-7)10(13)11(2,12)8-3-4-8/h5-6,8H,3-4,12H2,1-2H3. The first-order chi connectivity index (χ1) is 6.53. The van der Waals surface area contributed by atoms with Gasteiger partial charge in [-0.25, -0.2) is 0 Å². The van der Waals surface area contributed by atoms with Crippen LogP contribution in [0.3, 0.4) is 0 Å². The van der Waals surface area contributed by atoms with E-state index in [1.54, 1.807) is 11.3 Å². The Morgan fingerprint density at radius 1 is 1.64 bits per heavy atom. The molecular formula is C11H15NOS. The number of ketones is 1. The highest BCUT2D eigenvalue weighted by atomic mass is 32.1. The maximum atomic E-state index is 12.1. The van der Waals surface area contributed by atoms with Crippen molar-refractivity contribution in [2.75, 3.05) is 0 Å². The molecule has 1 fully saturated rings. The fourth-order valence-corrected chi connectivity index (χ4v) is 2.48. The summed E-state index contributed by atoms with van der Waals surface area (Å²) in [4.78, 5) is 13.2. The summed E-state index contributed by atoms with van der Waals surface area (Å²) in [6, 6.07) is 1.88. The quantitative estimate of drug-likeness (QED) is 0.777. The summed E-state index contributed by atoms with van der Waals surface area (Å²) in [5, 5.41) is 1.95. The van der Waals surface area contributed by atoms with Gasteiger partial charge in [0.1, 0.15) is 0 Å². The fraction of sp³-hybridized carbons (Fsp3) is 0.545. The van der Waals surface area contributed by atoms with E-state index in [0.29, 0.717) is 5.92 Å². The third kappa shape index (κ3) is 1.51. The van der Waals surface area contributed by atoms with Crippen molar-refractivity contribution in [2.24, 2.45) is 11.7 Å². The number of hydrogen-bond donors (Lipinski definition) is 1. The van der Waals surface area contributed by atoms with Crippen LogP contribution in [0.2, 0.25) is 0 Å². The van der Waals surface area contributed by atoms with Crippen LogP contribution in [0, 0.1) is 12.8 Å². The predicted molar refractivity (Wildman–Crippen MR) is 58.7 cm³/mol. The average Bonchev–Trinajstić information content (AvgIpc) is 2.89. The number of thiophene rings is 1. The smallest absolute Gasteiger partial charge is 0.183 e. The van der Waals surface area contributed by atoms with Crippen molar-refractivity contribution in [1.82, 2.24) is 0 Å². The van der Waals surface area contributed by atoms with Gasteiger partial charge < -0.3 is 5.73 Å². The highest BCUT2D eigenvalue weighted by molar-refractivity contribution is 7.10. The maximum Gasteiger partial charge on any atom is 0.183 e. The second-order valence-electron chi connectivity index (χ2n) is 4.28. The number of aryl methyl sites for hydroxylation is 1. The summed E-state index contributed by atoms with van der Waals surface area (Å²) in [7, 11) is 0. The van der Waals surface area contributed by atoms with Crippen LogP contribution in [0.5, 0.6) is 0 Å². The molecule has 2 rings (SSSR count). The van der Waals surface area contributed by atoms with Gasteiger partial charge in [0.25, 0.3) is 0 Å². The third-order valence-corrected chi connectivity index (χ3v) is 3.86. The monoisotopic (exact) mass is 209 g/mol. The maximum absolute atomic E-state index is 12.1. The van der Waals surface area contributed by atoms with Gasteiger partial charge in [0, 0.05) is 10.4 Å². The van der Waals surface area contributed by atoms with Crippen molar-refractivity contribution >= 4 is 17.1 Å². The molecule has 1 aromatic rings. The molecule has 0 spiro atoms. The molecule has 1 aliphatic rings. The molecular weight excluding hydrogens is 194 g/mol. The van der Waals surface area contributed by atoms with E-state index < -0.39 is 5.54 Å². The van der Waals surface area contributed by atoms with Gasteiger partial charge in [-0.3, -0.25) is 4.79 Å². The van der Waals surface area contributed by atoms with Crippen LogP contribution in [0.25, 0.3) is 0 Å². The highest BCUT2D eigenvalue weighted by Crippen LogP contribution is 2.40. The Bertz CT molecular complexity index is 363. The molecule has 1 saturated carbocycles. The fourth-order valence-electron chi connectivity index (χ4n) is 1.78. The first-order valence-corrected chi connectivity index (χ1v) is 5.79. The molecule has 1 unspecified atom stereocenters. The lowest BCUT2D eigenvalue weighted by Crippen LogP contribution is -2.47. The lowest BCUT2D eigenvalue weighted by Gasteiger charge is -2.22. The van der Waals surface area contributed by atoms with Crippen LogP contribution in [-0.2, 0) is 0 Å². The molecule has 1 aromatic heterocycles. The lowest BCUT2D eigenvalue weighted by atomic mass is 9.88. The molecule has 1 heterocycles. The van der Waals surface area contributed by atoms with Crippen molar-refractivity contribution < 1.29 is 4.79 Å². The molecule has 0 aliphatic heterocycles. The van der Waals surface area contributed by atoms with Crippen LogP contribution in [0.15, 0.2) is 11.4 Å². The van der Waals surface area contributed by atoms with Crippen LogP contribution in [0.4, 0.5) is 0 Å². The molecule has 2 N–H and O–H groups in total. The number of hydrogen-bond acceptors (Lipinski definition) is 3. The predicted octanol–water partition coefficient (Wildman–Crippen LogP) is 2.37. The third-order valence-electron chi connectivity index (χ3n) is 3.02. The lowest BCUT2D eigenvalue weighted by molar-refractivity contribution is 0.0883. The Morgan fingerprint density at radius 2 is 2.29 bits per heavy atom. The van der Waals surface area contributed by atoms with Gasteiger partial charge in [0.15, 0.2) is 5.78 Å². The molecule has 0 bridgehead atoms. The summed E-state index contributed by atoms with van der Waals surface area (Å²) in [6.07, 6.45) is 2.20. The van der Waals surface area contributed by atoms with Crippen molar-refractivity contribution in [1.29, 1.82) is 0 Å². The van der Waals surface area contributed by atoms with Crippen LogP contribution in [0.1, 0.15) is 35.0 Å². The van der Waals surface area contributed by atoms with Gasteiger partial charge in [-0.15, -0.1) is 11.3 Å². The molecule has 14 heavy (non-hydrogen) atoms. The first-order valence-electron chi connectivity index (χ1n) is 4.91. The van der Waals surface area contributed by atoms with Gasteiger partial charge in [-0.1, -0.05) is 0 Å². The largest absolute Gasteiger partial charge is 0.319 e. The molecule has 1 atom stereocenters. The zero-order chi connectivity index (χ0) is 10.3. The van der Waals surface area contributed by atoms with Gasteiger partial charge in [-0.05, 0) is 44.1 Å². The summed E-state index contributed by atoms with van der Waals surface area (Å²) in [5.41, 5.74) is 6.25.